The van der Waals surface area contributed by atoms with Gasteiger partial charge >= 0.3 is 0 Å². The van der Waals surface area contributed by atoms with Gasteiger partial charge in [0.15, 0.2) is 0 Å². The fraction of sp³-hybridized carbons (Fsp3) is 0.704. The summed E-state index contributed by atoms with van der Waals surface area (Å²) in [5, 5.41) is 42.9. The zero-order valence-electron chi connectivity index (χ0n) is 21.4. The van der Waals surface area contributed by atoms with Crippen LogP contribution in [0.4, 0.5) is 4.39 Å². The highest BCUT2D eigenvalue weighted by Crippen LogP contribution is 2.45. The number of hydrogen-bond acceptors (Lipinski definition) is 9. The van der Waals surface area contributed by atoms with Crippen LogP contribution in [0.1, 0.15) is 75.9 Å². The Morgan fingerprint density at radius 3 is 2.39 bits per heavy atom. The summed E-state index contributed by atoms with van der Waals surface area (Å²) in [6.07, 6.45) is 5.78. The molecule has 4 aliphatic rings. The molecule has 1 aliphatic carbocycles. The molecule has 3 aliphatic heterocycles. The summed E-state index contributed by atoms with van der Waals surface area (Å²) in [6, 6.07) is 3.89. The molecule has 0 spiro atoms. The number of fused-ring (bicyclic) bond motifs is 1. The van der Waals surface area contributed by atoms with Crippen LogP contribution in [0.5, 0.6) is 0 Å². The maximum absolute atomic E-state index is 14.1. The van der Waals surface area contributed by atoms with Gasteiger partial charge in [-0.3, -0.25) is 15.7 Å². The third-order valence-corrected chi connectivity index (χ3v) is 9.09. The van der Waals surface area contributed by atoms with Crippen molar-refractivity contribution in [1.29, 1.82) is 0 Å². The van der Waals surface area contributed by atoms with Crippen LogP contribution in [-0.4, -0.2) is 74.3 Å². The first-order chi connectivity index (χ1) is 18.4. The number of benzene rings is 1. The molecule has 3 unspecified atom stereocenters. The summed E-state index contributed by atoms with van der Waals surface area (Å²) in [5.41, 5.74) is 2.42. The molecule has 8 atom stereocenters. The molecule has 5 rings (SSSR count). The van der Waals surface area contributed by atoms with Gasteiger partial charge in [-0.15, -0.1) is 0 Å². The molecule has 0 aromatic heterocycles. The Labute approximate surface area is 227 Å². The third-order valence-electron chi connectivity index (χ3n) is 8.79. The Kier molecular flexibility index (Phi) is 8.99. The minimum atomic E-state index is -1.41. The van der Waals surface area contributed by atoms with Crippen molar-refractivity contribution in [1.82, 2.24) is 10.4 Å². The molecule has 210 valence electrons. The second-order valence-corrected chi connectivity index (χ2v) is 11.5. The predicted molar refractivity (Wildman–Crippen MR) is 140 cm³/mol. The Hall–Kier alpha value is -1.66. The van der Waals surface area contributed by atoms with Gasteiger partial charge in [-0.05, 0) is 42.9 Å². The van der Waals surface area contributed by atoms with E-state index in [1.807, 2.05) is 4.90 Å². The Morgan fingerprint density at radius 2 is 1.74 bits per heavy atom. The number of halogens is 2. The smallest absolute Gasteiger partial charge is 0.142 e. The monoisotopic (exact) mass is 552 g/mol. The number of hydroxylamine groups is 1. The highest BCUT2D eigenvalue weighted by molar-refractivity contribution is 6.30. The first-order valence-electron chi connectivity index (χ1n) is 13.8. The van der Waals surface area contributed by atoms with Gasteiger partial charge in [0.1, 0.15) is 54.8 Å². The quantitative estimate of drug-likeness (QED) is 0.361. The molecule has 38 heavy (non-hydrogen) atoms. The number of likely N-dealkylation sites (tertiary alicyclic amines) is 1. The molecular formula is C27H38ClFN4O5. The van der Waals surface area contributed by atoms with Gasteiger partial charge in [0.05, 0.1) is 10.9 Å². The van der Waals surface area contributed by atoms with E-state index in [0.29, 0.717) is 18.2 Å². The van der Waals surface area contributed by atoms with Crippen molar-refractivity contribution in [3.8, 4) is 0 Å². The Bertz CT molecular complexity index is 1020. The number of nitrogens with zero attached hydrogens (tertiary/aromatic N) is 3. The maximum atomic E-state index is 14.1. The molecule has 5 N–H and O–H groups in total. The average molecular weight is 553 g/mol. The van der Waals surface area contributed by atoms with Crippen molar-refractivity contribution < 1.29 is 29.7 Å². The molecule has 1 saturated carbocycles. The summed E-state index contributed by atoms with van der Waals surface area (Å²) in [4.78, 5) is 10.9. The molecule has 1 aromatic rings. The van der Waals surface area contributed by atoms with Crippen LogP contribution in [-0.2, 0) is 4.74 Å². The molecule has 0 amide bonds. The lowest BCUT2D eigenvalue weighted by Crippen LogP contribution is -2.53. The van der Waals surface area contributed by atoms with E-state index in [2.05, 4.69) is 15.5 Å². The van der Waals surface area contributed by atoms with Gasteiger partial charge in [-0.2, -0.15) is 0 Å². The van der Waals surface area contributed by atoms with Crippen molar-refractivity contribution in [2.45, 2.75) is 107 Å². The number of nitrogens with one attached hydrogen (secondary N) is 1. The molecule has 11 heteroatoms. The van der Waals surface area contributed by atoms with E-state index in [9.17, 15) is 24.9 Å². The fourth-order valence-corrected chi connectivity index (χ4v) is 6.91. The summed E-state index contributed by atoms with van der Waals surface area (Å²) in [5.74, 6) is -0.187. The number of aliphatic hydroxyl groups is 3. The van der Waals surface area contributed by atoms with Crippen LogP contribution in [0.2, 0.25) is 5.02 Å². The number of rotatable bonds is 4. The molecule has 2 saturated heterocycles. The van der Waals surface area contributed by atoms with Crippen LogP contribution in [0.25, 0.3) is 0 Å². The minimum absolute atomic E-state index is 0.0334. The lowest BCUT2D eigenvalue weighted by Gasteiger charge is -2.39. The molecule has 1 aromatic carbocycles. The maximum Gasteiger partial charge on any atom is 0.142 e. The van der Waals surface area contributed by atoms with E-state index in [1.165, 1.54) is 50.6 Å². The van der Waals surface area contributed by atoms with E-state index >= 15 is 0 Å². The van der Waals surface area contributed by atoms with Crippen LogP contribution in [0.15, 0.2) is 28.2 Å². The lowest BCUT2D eigenvalue weighted by atomic mass is 9.84. The SMILES string of the molecule is ONC1=NC=NC2C1CC(C1CCCCCCCCC1)N2[C@@H]1O[C@H]([C@H](O)c2ccc(Cl)c(F)c2)[C@@H](O)[C@H]1O. The van der Waals surface area contributed by atoms with E-state index in [0.717, 1.165) is 31.7 Å². The zero-order valence-corrected chi connectivity index (χ0v) is 22.1. The van der Waals surface area contributed by atoms with Crippen molar-refractivity contribution in [3.63, 3.8) is 0 Å². The summed E-state index contributed by atoms with van der Waals surface area (Å²) in [7, 11) is 0. The standard InChI is InChI=1S/C27H38ClFN4O5/c28-18-11-10-16(12-19(18)29)21(34)24-22(35)23(36)27(38-24)33-20(13-17-25(32-37)30-14-31-26(17)33)15-8-6-4-2-1-3-5-7-9-15/h10-12,14-15,17,20-24,26-27,34-37H,1-9,13H2,(H,30,31,32)/t17?,20?,21-,22+,23-,24-,26?,27-/m1/s1. The highest BCUT2D eigenvalue weighted by Gasteiger charge is 2.57. The van der Waals surface area contributed by atoms with Crippen LogP contribution >= 0.6 is 11.6 Å². The highest BCUT2D eigenvalue weighted by atomic mass is 35.5. The molecule has 3 fully saturated rings. The Morgan fingerprint density at radius 1 is 1.05 bits per heavy atom. The van der Waals surface area contributed by atoms with E-state index in [1.54, 1.807) is 0 Å². The van der Waals surface area contributed by atoms with Gasteiger partial charge < -0.3 is 20.1 Å². The van der Waals surface area contributed by atoms with Crippen LogP contribution in [0.3, 0.4) is 0 Å². The third kappa shape index (κ3) is 5.50. The molecule has 3 heterocycles. The van der Waals surface area contributed by atoms with Crippen molar-refractivity contribution in [2.75, 3.05) is 0 Å². The number of amidine groups is 1. The molecular weight excluding hydrogens is 515 g/mol. The van der Waals surface area contributed by atoms with E-state index in [-0.39, 0.29) is 22.5 Å². The van der Waals surface area contributed by atoms with Crippen LogP contribution in [0, 0.1) is 17.7 Å². The summed E-state index contributed by atoms with van der Waals surface area (Å²) in [6.45, 7) is 0. The normalized spacial score (nSPS) is 36.1. The predicted octanol–water partition coefficient (Wildman–Crippen LogP) is 3.54. The first-order valence-corrected chi connectivity index (χ1v) is 14.2. The van der Waals surface area contributed by atoms with Gasteiger partial charge in [-0.1, -0.05) is 62.6 Å². The van der Waals surface area contributed by atoms with Crippen LogP contribution < -0.4 is 5.48 Å². The average Bonchev–Trinajstić information content (AvgIpc) is 3.45. The largest absolute Gasteiger partial charge is 0.387 e. The second kappa shape index (κ2) is 12.2. The summed E-state index contributed by atoms with van der Waals surface area (Å²) >= 11 is 5.80. The van der Waals surface area contributed by atoms with E-state index < -0.39 is 42.6 Å². The van der Waals surface area contributed by atoms with Crippen molar-refractivity contribution >= 4 is 23.8 Å². The number of aliphatic hydroxyl groups excluding tert-OH is 3. The van der Waals surface area contributed by atoms with Gasteiger partial charge in [0.2, 0.25) is 0 Å². The van der Waals surface area contributed by atoms with Crippen molar-refractivity contribution in [2.24, 2.45) is 21.8 Å². The van der Waals surface area contributed by atoms with E-state index in [4.69, 9.17) is 16.3 Å². The molecule has 0 bridgehead atoms. The first kappa shape index (κ1) is 27.9. The number of aliphatic imine (C=N–C) groups is 2. The van der Waals surface area contributed by atoms with Crippen molar-refractivity contribution in [3.05, 3.63) is 34.6 Å². The minimum Gasteiger partial charge on any atom is -0.387 e. The fourth-order valence-electron chi connectivity index (χ4n) is 6.79. The second-order valence-electron chi connectivity index (χ2n) is 11.1. The van der Waals surface area contributed by atoms with Gasteiger partial charge in [0, 0.05) is 6.04 Å². The molecule has 0 radical (unpaired) electrons. The molecule has 9 nitrogen and oxygen atoms in total. The zero-order chi connectivity index (χ0) is 26.8. The number of ether oxygens (including phenoxy) is 1. The number of hydrogen-bond donors (Lipinski definition) is 5. The Balaban J connectivity index is 1.42. The summed E-state index contributed by atoms with van der Waals surface area (Å²) < 4.78 is 20.3. The topological polar surface area (TPSA) is 130 Å². The van der Waals surface area contributed by atoms with Gasteiger partial charge in [-0.25, -0.2) is 14.3 Å². The van der Waals surface area contributed by atoms with Gasteiger partial charge in [0.25, 0.3) is 0 Å². The lowest BCUT2D eigenvalue weighted by molar-refractivity contribution is -0.137.